The smallest absolute Gasteiger partial charge is 0.323 e. The average Bonchev–Trinajstić information content (AvgIpc) is 2.00. The third-order valence-electron chi connectivity index (χ3n) is 1.11. The Labute approximate surface area is 84.9 Å². The van der Waals surface area contributed by atoms with Gasteiger partial charge in [-0.3, -0.25) is 14.4 Å². The number of aliphatic hydroxyl groups is 1. The van der Waals surface area contributed by atoms with E-state index >= 15 is 0 Å². The molecule has 8 nitrogen and oxygen atoms in total. The molecule has 0 radical (unpaired) electrons. The molecule has 0 amide bonds. The van der Waals surface area contributed by atoms with Gasteiger partial charge in [-0.2, -0.15) is 0 Å². The van der Waals surface area contributed by atoms with Gasteiger partial charge in [-0.05, 0) is 6.92 Å². The number of aliphatic carboxylic acids is 3. The van der Waals surface area contributed by atoms with E-state index < -0.39 is 36.5 Å². The second-order valence-electron chi connectivity index (χ2n) is 2.57. The van der Waals surface area contributed by atoms with E-state index in [9.17, 15) is 14.4 Å². The number of aliphatic hydroxyl groups excluding tert-OH is 1. The molecule has 8 heteroatoms. The molecule has 0 bridgehead atoms. The molecule has 0 aliphatic rings. The van der Waals surface area contributed by atoms with Crippen molar-refractivity contribution in [3.05, 3.63) is 0 Å². The quantitative estimate of drug-likeness (QED) is 0.353. The normalized spacial score (nSPS) is 13.0. The predicted molar refractivity (Wildman–Crippen MR) is 47.2 cm³/mol. The van der Waals surface area contributed by atoms with Gasteiger partial charge in [0.2, 0.25) is 0 Å². The molecule has 0 heterocycles. The molecular weight excluding hydrogens is 210 g/mol. The fourth-order valence-corrected chi connectivity index (χ4v) is 0.336. The van der Waals surface area contributed by atoms with E-state index in [2.05, 4.69) is 0 Å². The highest BCUT2D eigenvalue weighted by Gasteiger charge is 2.16. The average molecular weight is 223 g/mol. The van der Waals surface area contributed by atoms with E-state index in [1.165, 1.54) is 6.92 Å². The Kier molecular flexibility index (Phi) is 8.11. The van der Waals surface area contributed by atoms with Gasteiger partial charge in [0.1, 0.15) is 12.5 Å². The van der Waals surface area contributed by atoms with Gasteiger partial charge in [-0.1, -0.05) is 0 Å². The maximum atomic E-state index is 9.86. The minimum Gasteiger partial charge on any atom is -0.481 e. The van der Waals surface area contributed by atoms with Crippen LogP contribution in [0.1, 0.15) is 13.3 Å². The summed E-state index contributed by atoms with van der Waals surface area (Å²) in [5.74, 6) is -3.81. The van der Waals surface area contributed by atoms with Crippen LogP contribution in [0.4, 0.5) is 0 Å². The zero-order chi connectivity index (χ0) is 12.6. The number of hydrogen-bond donors (Lipinski definition) is 5. The van der Waals surface area contributed by atoms with Crippen molar-refractivity contribution in [2.75, 3.05) is 0 Å². The van der Waals surface area contributed by atoms with E-state index in [-0.39, 0.29) is 0 Å². The first-order chi connectivity index (χ1) is 6.68. The molecule has 0 saturated heterocycles. The molecule has 0 saturated carbocycles. The molecule has 0 fully saturated rings. The van der Waals surface area contributed by atoms with Crippen LogP contribution in [-0.2, 0) is 14.4 Å². The van der Waals surface area contributed by atoms with Crippen molar-refractivity contribution in [1.82, 2.24) is 0 Å². The number of rotatable bonds is 4. The Bertz CT molecular complexity index is 225. The molecule has 6 N–H and O–H groups in total. The number of nitrogens with two attached hydrogens (primary N) is 1. The van der Waals surface area contributed by atoms with Gasteiger partial charge in [-0.15, -0.1) is 0 Å². The molecule has 0 rings (SSSR count). The van der Waals surface area contributed by atoms with Crippen LogP contribution in [0.3, 0.4) is 0 Å². The lowest BCUT2D eigenvalue weighted by Gasteiger charge is -2.06. The zero-order valence-corrected chi connectivity index (χ0v) is 7.95. The largest absolute Gasteiger partial charge is 0.481 e. The van der Waals surface area contributed by atoms with Crippen LogP contribution in [0, 0.1) is 0 Å². The molecule has 0 aromatic heterocycles. The van der Waals surface area contributed by atoms with Crippen molar-refractivity contribution in [2.45, 2.75) is 25.5 Å². The summed E-state index contributed by atoms with van der Waals surface area (Å²) in [4.78, 5) is 28.7. The molecule has 0 aliphatic heterocycles. The Morgan fingerprint density at radius 2 is 1.47 bits per heavy atom. The highest BCUT2D eigenvalue weighted by Crippen LogP contribution is 1.85. The summed E-state index contributed by atoms with van der Waals surface area (Å²) in [7, 11) is 0. The van der Waals surface area contributed by atoms with Gasteiger partial charge in [0.05, 0.1) is 6.10 Å². The molecule has 0 unspecified atom stereocenters. The van der Waals surface area contributed by atoms with Gasteiger partial charge >= 0.3 is 17.9 Å². The van der Waals surface area contributed by atoms with Crippen LogP contribution in [0.15, 0.2) is 0 Å². The molecule has 88 valence electrons. The van der Waals surface area contributed by atoms with Crippen molar-refractivity contribution < 1.29 is 34.8 Å². The van der Waals surface area contributed by atoms with Crippen molar-refractivity contribution in [2.24, 2.45) is 5.73 Å². The summed E-state index contributed by atoms with van der Waals surface area (Å²) in [6.07, 6.45) is -1.78. The van der Waals surface area contributed by atoms with Crippen LogP contribution in [0.25, 0.3) is 0 Å². The molecular formula is C7H13NO7. The van der Waals surface area contributed by atoms with E-state index in [1.807, 2.05) is 0 Å². The lowest BCUT2D eigenvalue weighted by molar-refractivity contribution is -0.147. The maximum Gasteiger partial charge on any atom is 0.323 e. The van der Waals surface area contributed by atoms with Crippen LogP contribution in [0.2, 0.25) is 0 Å². The third kappa shape index (κ3) is 12.3. The van der Waals surface area contributed by atoms with Crippen LogP contribution < -0.4 is 5.73 Å². The van der Waals surface area contributed by atoms with Crippen molar-refractivity contribution in [1.29, 1.82) is 0 Å². The zero-order valence-electron chi connectivity index (χ0n) is 7.95. The molecule has 0 spiro atoms. The maximum absolute atomic E-state index is 9.86. The Hall–Kier alpha value is -1.67. The van der Waals surface area contributed by atoms with E-state index in [4.69, 9.17) is 26.2 Å². The Balaban J connectivity index is 0. The first-order valence-electron chi connectivity index (χ1n) is 3.78. The minimum absolute atomic E-state index is 0.806. The van der Waals surface area contributed by atoms with Crippen LogP contribution >= 0.6 is 0 Å². The van der Waals surface area contributed by atoms with Crippen molar-refractivity contribution >= 4 is 17.9 Å². The van der Waals surface area contributed by atoms with Crippen molar-refractivity contribution in [3.8, 4) is 0 Å². The first kappa shape index (κ1) is 15.8. The third-order valence-corrected chi connectivity index (χ3v) is 1.11. The lowest BCUT2D eigenvalue weighted by atomic mass is 10.2. The van der Waals surface area contributed by atoms with Gasteiger partial charge in [0, 0.05) is 0 Å². The summed E-state index contributed by atoms with van der Waals surface area (Å²) in [6, 6.07) is -1.16. The Morgan fingerprint density at radius 3 is 1.47 bits per heavy atom. The second kappa shape index (κ2) is 7.71. The van der Waals surface area contributed by atoms with E-state index in [0.29, 0.717) is 0 Å². The predicted octanol–water partition coefficient (Wildman–Crippen LogP) is -1.68. The summed E-state index contributed by atoms with van der Waals surface area (Å²) in [5.41, 5.74) is 4.91. The number of carbonyl (C=O) groups is 3. The first-order valence-corrected chi connectivity index (χ1v) is 3.78. The van der Waals surface area contributed by atoms with Gasteiger partial charge in [0.15, 0.2) is 0 Å². The number of carboxylic acid groups (broad SMARTS) is 3. The number of carboxylic acids is 3. The fraction of sp³-hybridized carbons (Fsp3) is 0.571. The summed E-state index contributed by atoms with van der Waals surface area (Å²) >= 11 is 0. The fourth-order valence-electron chi connectivity index (χ4n) is 0.336. The van der Waals surface area contributed by atoms with Gasteiger partial charge < -0.3 is 26.2 Å². The monoisotopic (exact) mass is 223 g/mol. The molecule has 2 atom stereocenters. The van der Waals surface area contributed by atoms with Gasteiger partial charge in [0.25, 0.3) is 0 Å². The highest BCUT2D eigenvalue weighted by atomic mass is 16.4. The summed E-state index contributed by atoms with van der Waals surface area (Å²) in [6.45, 7) is 1.33. The lowest BCUT2D eigenvalue weighted by Crippen LogP contribution is -2.39. The van der Waals surface area contributed by atoms with E-state index in [0.717, 1.165) is 0 Å². The topological polar surface area (TPSA) is 158 Å². The molecule has 0 aromatic carbocycles. The Morgan fingerprint density at radius 1 is 1.13 bits per heavy atom. The standard InChI is InChI=1S/C4H9NO3.C3H4O4/c1-2(6)3(5)4(7)8;4-2(5)1-3(6)7/h2-3,6H,5H2,1H3,(H,7,8);1H2,(H,4,5)(H,6,7)/t2-,3+;/m1./s1. The highest BCUT2D eigenvalue weighted by molar-refractivity contribution is 5.88. The molecule has 0 aromatic rings. The molecule has 15 heavy (non-hydrogen) atoms. The summed E-state index contributed by atoms with van der Waals surface area (Å²) < 4.78 is 0. The second-order valence-corrected chi connectivity index (χ2v) is 2.57. The van der Waals surface area contributed by atoms with Crippen LogP contribution in [-0.4, -0.2) is 50.5 Å². The van der Waals surface area contributed by atoms with Crippen LogP contribution in [0.5, 0.6) is 0 Å². The summed E-state index contributed by atoms with van der Waals surface area (Å²) in [5, 5.41) is 32.0. The van der Waals surface area contributed by atoms with Crippen molar-refractivity contribution in [3.63, 3.8) is 0 Å². The SMILES string of the molecule is C[C@@H](O)[C@H](N)C(=O)O.O=C(O)CC(=O)O. The van der Waals surface area contributed by atoms with Gasteiger partial charge in [-0.25, -0.2) is 0 Å². The van der Waals surface area contributed by atoms with E-state index in [1.54, 1.807) is 0 Å². The number of hydrogen-bond acceptors (Lipinski definition) is 5. The minimum atomic E-state index is -1.31. The molecule has 0 aliphatic carbocycles.